The highest BCUT2D eigenvalue weighted by molar-refractivity contribution is 6.33. The molecule has 0 unspecified atom stereocenters. The summed E-state index contributed by atoms with van der Waals surface area (Å²) in [5.74, 6) is 1.17. The summed E-state index contributed by atoms with van der Waals surface area (Å²) in [6, 6.07) is 16.0. The van der Waals surface area contributed by atoms with Crippen molar-refractivity contribution in [3.63, 3.8) is 0 Å². The van der Waals surface area contributed by atoms with Crippen molar-refractivity contribution >= 4 is 11.6 Å². The van der Waals surface area contributed by atoms with Crippen LogP contribution in [0.5, 0.6) is 17.4 Å². The highest BCUT2D eigenvalue weighted by Crippen LogP contribution is 2.32. The number of nitriles is 1. The number of ether oxygens (including phenoxy) is 1. The third-order valence-corrected chi connectivity index (χ3v) is 4.41. The Labute approximate surface area is 171 Å². The second-order valence-electron chi connectivity index (χ2n) is 6.16. The predicted octanol–water partition coefficient (Wildman–Crippen LogP) is 4.66. The third-order valence-electron chi connectivity index (χ3n) is 4.08. The molecule has 0 atom stereocenters. The molecule has 0 fully saturated rings. The van der Waals surface area contributed by atoms with Crippen LogP contribution in [0.2, 0.25) is 5.02 Å². The van der Waals surface area contributed by atoms with Gasteiger partial charge in [0.25, 0.3) is 0 Å². The van der Waals surface area contributed by atoms with Crippen LogP contribution in [0.15, 0.2) is 60.9 Å². The highest BCUT2D eigenvalue weighted by atomic mass is 35.5. The van der Waals surface area contributed by atoms with E-state index in [1.54, 1.807) is 37.3 Å². The molecule has 7 nitrogen and oxygen atoms in total. The van der Waals surface area contributed by atoms with Gasteiger partial charge >= 0.3 is 0 Å². The molecule has 0 spiro atoms. The third kappa shape index (κ3) is 3.88. The number of benzene rings is 2. The molecule has 0 aliphatic rings. The summed E-state index contributed by atoms with van der Waals surface area (Å²) in [5, 5.41) is 23.5. The SMILES string of the molecule is Cc1nc(Oc2cc(C#N)ccc2-n2cc(O)cn2)cc(-c2ccccc2Cl)n1. The molecule has 0 saturated heterocycles. The number of hydrogen-bond donors (Lipinski definition) is 1. The Morgan fingerprint density at radius 3 is 2.69 bits per heavy atom. The molecule has 0 bridgehead atoms. The van der Waals surface area contributed by atoms with Gasteiger partial charge < -0.3 is 9.84 Å². The zero-order valence-electron chi connectivity index (χ0n) is 15.2. The first-order chi connectivity index (χ1) is 14.0. The number of rotatable bonds is 4. The molecule has 0 aliphatic heterocycles. The van der Waals surface area contributed by atoms with Crippen molar-refractivity contribution in [2.75, 3.05) is 0 Å². The van der Waals surface area contributed by atoms with Crippen LogP contribution in [-0.4, -0.2) is 24.9 Å². The first-order valence-corrected chi connectivity index (χ1v) is 8.98. The molecule has 2 heterocycles. The molecule has 29 heavy (non-hydrogen) atoms. The van der Waals surface area contributed by atoms with Crippen molar-refractivity contribution in [1.29, 1.82) is 5.26 Å². The summed E-state index contributed by atoms with van der Waals surface area (Å²) in [5.41, 5.74) is 2.33. The van der Waals surface area contributed by atoms with Crippen molar-refractivity contribution in [2.45, 2.75) is 6.92 Å². The van der Waals surface area contributed by atoms with Gasteiger partial charge in [0.15, 0.2) is 11.5 Å². The van der Waals surface area contributed by atoms with Gasteiger partial charge in [0.1, 0.15) is 11.5 Å². The first-order valence-electron chi connectivity index (χ1n) is 8.60. The number of aromatic nitrogens is 4. The molecular formula is C21H14ClN5O2. The predicted molar refractivity (Wildman–Crippen MR) is 107 cm³/mol. The first kappa shape index (κ1) is 18.5. The molecule has 0 saturated carbocycles. The van der Waals surface area contributed by atoms with Gasteiger partial charge in [-0.05, 0) is 25.1 Å². The summed E-state index contributed by atoms with van der Waals surface area (Å²) in [7, 11) is 0. The van der Waals surface area contributed by atoms with Crippen molar-refractivity contribution in [2.24, 2.45) is 0 Å². The summed E-state index contributed by atoms with van der Waals surface area (Å²) in [6.45, 7) is 1.76. The maximum absolute atomic E-state index is 9.61. The van der Waals surface area contributed by atoms with Gasteiger partial charge in [-0.1, -0.05) is 29.8 Å². The fourth-order valence-corrected chi connectivity index (χ4v) is 3.04. The van der Waals surface area contributed by atoms with Gasteiger partial charge in [0.2, 0.25) is 5.88 Å². The van der Waals surface area contributed by atoms with Crippen molar-refractivity contribution in [3.05, 3.63) is 77.3 Å². The van der Waals surface area contributed by atoms with Gasteiger partial charge in [0, 0.05) is 22.7 Å². The molecule has 0 radical (unpaired) electrons. The molecule has 4 rings (SSSR count). The largest absolute Gasteiger partial charge is 0.505 e. The summed E-state index contributed by atoms with van der Waals surface area (Å²) in [6.07, 6.45) is 2.75. The van der Waals surface area contributed by atoms with E-state index < -0.39 is 0 Å². The van der Waals surface area contributed by atoms with Crippen molar-refractivity contribution in [3.8, 4) is 40.4 Å². The molecule has 2 aromatic carbocycles. The fourth-order valence-electron chi connectivity index (χ4n) is 2.81. The Balaban J connectivity index is 1.78. The summed E-state index contributed by atoms with van der Waals surface area (Å²) < 4.78 is 7.46. The zero-order valence-corrected chi connectivity index (χ0v) is 16.0. The Hall–Kier alpha value is -3.89. The molecule has 0 amide bonds. The standard InChI is InChI=1S/C21H14ClN5O2/c1-13-25-18(16-4-2-3-5-17(16)22)9-21(26-13)29-20-8-14(10-23)6-7-19(20)27-12-15(28)11-24-27/h2-9,11-12,28H,1H3. The number of nitrogens with zero attached hydrogens (tertiary/aromatic N) is 5. The average Bonchev–Trinajstić information content (AvgIpc) is 3.14. The van der Waals surface area contributed by atoms with E-state index in [1.807, 2.05) is 18.2 Å². The Morgan fingerprint density at radius 2 is 1.97 bits per heavy atom. The molecule has 8 heteroatoms. The van der Waals surface area contributed by atoms with Gasteiger partial charge in [0.05, 0.1) is 29.7 Å². The highest BCUT2D eigenvalue weighted by Gasteiger charge is 2.14. The van der Waals surface area contributed by atoms with Crippen LogP contribution in [-0.2, 0) is 0 Å². The monoisotopic (exact) mass is 403 g/mol. The summed E-state index contributed by atoms with van der Waals surface area (Å²) >= 11 is 6.30. The quantitative estimate of drug-likeness (QED) is 0.532. The molecule has 4 aromatic rings. The summed E-state index contributed by atoms with van der Waals surface area (Å²) in [4.78, 5) is 8.79. The maximum Gasteiger partial charge on any atom is 0.223 e. The second-order valence-corrected chi connectivity index (χ2v) is 6.57. The van der Waals surface area contributed by atoms with Crippen LogP contribution in [0.3, 0.4) is 0 Å². The van der Waals surface area contributed by atoms with E-state index in [4.69, 9.17) is 16.3 Å². The molecular weight excluding hydrogens is 390 g/mol. The van der Waals surface area contributed by atoms with E-state index in [9.17, 15) is 10.4 Å². The van der Waals surface area contributed by atoms with Crippen LogP contribution in [0.25, 0.3) is 16.9 Å². The van der Waals surface area contributed by atoms with Gasteiger partial charge in [-0.3, -0.25) is 0 Å². The smallest absolute Gasteiger partial charge is 0.223 e. The normalized spacial score (nSPS) is 10.5. The van der Waals surface area contributed by atoms with Crippen LogP contribution in [0, 0.1) is 18.3 Å². The van der Waals surface area contributed by atoms with E-state index in [1.165, 1.54) is 17.1 Å². The molecule has 0 aliphatic carbocycles. The minimum atomic E-state index is 0.0131. The zero-order chi connectivity index (χ0) is 20.4. The van der Waals surface area contributed by atoms with Gasteiger partial charge in [-0.25, -0.2) is 9.67 Å². The van der Waals surface area contributed by atoms with Crippen LogP contribution in [0.4, 0.5) is 0 Å². The Bertz CT molecular complexity index is 1250. The van der Waals surface area contributed by atoms with E-state index in [-0.39, 0.29) is 5.75 Å². The minimum Gasteiger partial charge on any atom is -0.505 e. The number of aryl methyl sites for hydroxylation is 1. The fraction of sp³-hybridized carbons (Fsp3) is 0.0476. The van der Waals surface area contributed by atoms with Crippen LogP contribution in [0.1, 0.15) is 11.4 Å². The van der Waals surface area contributed by atoms with Crippen molar-refractivity contribution < 1.29 is 9.84 Å². The minimum absolute atomic E-state index is 0.0131. The topological polar surface area (TPSA) is 96.8 Å². The van der Waals surface area contributed by atoms with E-state index in [2.05, 4.69) is 21.1 Å². The Morgan fingerprint density at radius 1 is 1.14 bits per heavy atom. The second kappa shape index (κ2) is 7.62. The van der Waals surface area contributed by atoms with E-state index in [0.717, 1.165) is 5.56 Å². The average molecular weight is 404 g/mol. The van der Waals surface area contributed by atoms with E-state index in [0.29, 0.717) is 39.4 Å². The van der Waals surface area contributed by atoms with Crippen LogP contribution >= 0.6 is 11.6 Å². The van der Waals surface area contributed by atoms with Gasteiger partial charge in [-0.15, -0.1) is 0 Å². The lowest BCUT2D eigenvalue weighted by Crippen LogP contribution is -2.01. The lowest BCUT2D eigenvalue weighted by atomic mass is 10.1. The molecule has 1 N–H and O–H groups in total. The van der Waals surface area contributed by atoms with Crippen LogP contribution < -0.4 is 4.74 Å². The maximum atomic E-state index is 9.61. The van der Waals surface area contributed by atoms with Crippen molar-refractivity contribution in [1.82, 2.24) is 19.7 Å². The number of aromatic hydroxyl groups is 1. The van der Waals surface area contributed by atoms with Gasteiger partial charge in [-0.2, -0.15) is 15.3 Å². The number of hydrogen-bond acceptors (Lipinski definition) is 6. The lowest BCUT2D eigenvalue weighted by molar-refractivity contribution is 0.456. The Kier molecular flexibility index (Phi) is 4.85. The molecule has 2 aromatic heterocycles. The molecule has 142 valence electrons. The van der Waals surface area contributed by atoms with E-state index >= 15 is 0 Å². The number of halogens is 1. The lowest BCUT2D eigenvalue weighted by Gasteiger charge is -2.12.